The summed E-state index contributed by atoms with van der Waals surface area (Å²) in [7, 11) is 0. The van der Waals surface area contributed by atoms with Crippen LogP contribution in [0.4, 0.5) is 17.6 Å². The predicted molar refractivity (Wildman–Crippen MR) is 129 cm³/mol. The molecule has 1 saturated heterocycles. The Morgan fingerprint density at radius 2 is 1.78 bits per heavy atom. The largest absolute Gasteiger partial charge is 0.573 e. The van der Waals surface area contributed by atoms with Crippen LogP contribution in [0.25, 0.3) is 11.0 Å². The van der Waals surface area contributed by atoms with E-state index in [0.29, 0.717) is 49.1 Å². The molecule has 2 aromatic heterocycles. The van der Waals surface area contributed by atoms with Crippen LogP contribution in [0.2, 0.25) is 0 Å². The summed E-state index contributed by atoms with van der Waals surface area (Å²) in [5, 5.41) is 4.62. The number of halogens is 4. The Morgan fingerprint density at radius 1 is 1.05 bits per heavy atom. The molecule has 1 aromatic carbocycles. The first-order valence-electron chi connectivity index (χ1n) is 12.8. The Hall–Kier alpha value is -3.14. The number of benzene rings is 1. The van der Waals surface area contributed by atoms with Crippen molar-refractivity contribution in [2.24, 2.45) is 0 Å². The number of likely N-dealkylation sites (tertiary alicyclic amines) is 1. The van der Waals surface area contributed by atoms with E-state index in [4.69, 9.17) is 0 Å². The van der Waals surface area contributed by atoms with Crippen LogP contribution in [0.5, 0.6) is 5.75 Å². The number of carbonyl (C=O) groups is 1. The van der Waals surface area contributed by atoms with Gasteiger partial charge in [0.1, 0.15) is 17.2 Å². The lowest BCUT2D eigenvalue weighted by atomic mass is 9.84. The van der Waals surface area contributed by atoms with Crippen molar-refractivity contribution in [2.45, 2.75) is 69.3 Å². The van der Waals surface area contributed by atoms with E-state index in [1.54, 1.807) is 4.90 Å². The van der Waals surface area contributed by atoms with E-state index in [-0.39, 0.29) is 23.4 Å². The fourth-order valence-corrected chi connectivity index (χ4v) is 5.86. The Morgan fingerprint density at radius 3 is 2.46 bits per heavy atom. The summed E-state index contributed by atoms with van der Waals surface area (Å²) in [6.45, 7) is 0.873. The zero-order valence-corrected chi connectivity index (χ0v) is 20.2. The number of fused-ring (bicyclic) bond motifs is 3. The number of hydrogen-bond donors (Lipinski definition) is 2. The second-order valence-corrected chi connectivity index (χ2v) is 10.3. The van der Waals surface area contributed by atoms with Crippen molar-refractivity contribution in [3.05, 3.63) is 58.7 Å². The number of aromatic nitrogens is 2. The third-order valence-electron chi connectivity index (χ3n) is 7.77. The molecule has 1 aliphatic heterocycles. The summed E-state index contributed by atoms with van der Waals surface area (Å²) in [6.07, 6.45) is 2.98. The lowest BCUT2D eigenvalue weighted by Gasteiger charge is -2.33. The first-order valence-corrected chi connectivity index (χ1v) is 12.8. The summed E-state index contributed by atoms with van der Waals surface area (Å²) in [5.74, 6) is -0.986. The number of nitrogens with one attached hydrogen (secondary N) is 2. The highest BCUT2D eigenvalue weighted by molar-refractivity contribution is 5.94. The van der Waals surface area contributed by atoms with Crippen LogP contribution in [0.3, 0.4) is 0 Å². The number of rotatable bonds is 5. The summed E-state index contributed by atoms with van der Waals surface area (Å²) < 4.78 is 56.4. The zero-order chi connectivity index (χ0) is 25.7. The minimum absolute atomic E-state index is 0.0474. The van der Waals surface area contributed by atoms with E-state index < -0.39 is 6.36 Å². The van der Waals surface area contributed by atoms with Gasteiger partial charge in [-0.1, -0.05) is 0 Å². The van der Waals surface area contributed by atoms with Crippen molar-refractivity contribution in [2.75, 3.05) is 13.1 Å². The molecule has 1 atom stereocenters. The summed E-state index contributed by atoms with van der Waals surface area (Å²) >= 11 is 0. The van der Waals surface area contributed by atoms with Crippen molar-refractivity contribution in [1.82, 2.24) is 20.2 Å². The number of alkyl halides is 3. The van der Waals surface area contributed by atoms with E-state index in [0.717, 1.165) is 48.1 Å². The molecule has 6 nitrogen and oxygen atoms in total. The van der Waals surface area contributed by atoms with E-state index in [2.05, 4.69) is 20.0 Å². The number of piperidine rings is 1. The minimum atomic E-state index is -4.78. The third kappa shape index (κ3) is 5.03. The predicted octanol–water partition coefficient (Wildman–Crippen LogP) is 5.23. The molecule has 10 heteroatoms. The van der Waals surface area contributed by atoms with Crippen molar-refractivity contribution < 1.29 is 27.1 Å². The molecule has 0 unspecified atom stereocenters. The Labute approximate surface area is 211 Å². The van der Waals surface area contributed by atoms with Gasteiger partial charge < -0.3 is 19.9 Å². The minimum Gasteiger partial charge on any atom is -0.406 e. The number of carbonyl (C=O) groups excluding carboxylic acids is 1. The van der Waals surface area contributed by atoms with Gasteiger partial charge in [-0.3, -0.25) is 4.79 Å². The lowest BCUT2D eigenvalue weighted by Crippen LogP contribution is -2.38. The van der Waals surface area contributed by atoms with Gasteiger partial charge in [0.05, 0.1) is 6.20 Å². The molecular weight excluding hydrogens is 488 g/mol. The van der Waals surface area contributed by atoms with Gasteiger partial charge in [0, 0.05) is 47.4 Å². The molecule has 2 fully saturated rings. The number of ether oxygens (including phenoxy) is 1. The standard InChI is InChI=1S/C27H28F4N4O2/c28-21-14-32-25-24(20-13-18(33-17-3-4-17)5-8-22(20)34-25)23(21)15-9-11-35(12-10-15)26(36)16-1-6-19(7-2-16)37-27(29,30)31/h1-2,6-7,14-15,17-18,33H,3-5,8-13H2,(H,32,34)/t18-/m0/s1. The highest BCUT2D eigenvalue weighted by Crippen LogP contribution is 2.39. The van der Waals surface area contributed by atoms with Gasteiger partial charge in [-0.15, -0.1) is 13.2 Å². The molecule has 3 heterocycles. The average molecular weight is 517 g/mol. The van der Waals surface area contributed by atoms with Crippen LogP contribution in [-0.4, -0.2) is 52.3 Å². The van der Waals surface area contributed by atoms with Gasteiger partial charge in [-0.2, -0.15) is 0 Å². The first-order chi connectivity index (χ1) is 17.7. The van der Waals surface area contributed by atoms with Gasteiger partial charge in [0.25, 0.3) is 5.91 Å². The SMILES string of the molecule is O=C(c1ccc(OC(F)(F)F)cc1)N1CCC(c2c(F)cnc3[nH]c4c(c23)C[C@@H](NC2CC2)CC4)CC1. The van der Waals surface area contributed by atoms with Crippen LogP contribution >= 0.6 is 0 Å². The molecule has 2 aliphatic carbocycles. The normalized spacial score (nSPS) is 20.8. The van der Waals surface area contributed by atoms with E-state index >= 15 is 4.39 Å². The smallest absolute Gasteiger partial charge is 0.406 e. The van der Waals surface area contributed by atoms with Crippen molar-refractivity contribution in [3.8, 4) is 5.75 Å². The zero-order valence-electron chi connectivity index (χ0n) is 20.2. The molecule has 6 rings (SSSR count). The highest BCUT2D eigenvalue weighted by Gasteiger charge is 2.34. The number of pyridine rings is 1. The van der Waals surface area contributed by atoms with Gasteiger partial charge in [0.15, 0.2) is 0 Å². The number of aryl methyl sites for hydroxylation is 1. The van der Waals surface area contributed by atoms with E-state index in [9.17, 15) is 18.0 Å². The topological polar surface area (TPSA) is 70.2 Å². The first kappa shape index (κ1) is 24.2. The number of hydrogen-bond acceptors (Lipinski definition) is 4. The van der Waals surface area contributed by atoms with Crippen molar-refractivity contribution in [3.63, 3.8) is 0 Å². The summed E-state index contributed by atoms with van der Waals surface area (Å²) in [4.78, 5) is 22.4. The molecular formula is C27H28F4N4O2. The maximum atomic E-state index is 15.3. The molecule has 0 spiro atoms. The fourth-order valence-electron chi connectivity index (χ4n) is 5.86. The van der Waals surface area contributed by atoms with E-state index in [1.165, 1.54) is 36.7 Å². The third-order valence-corrected chi connectivity index (χ3v) is 7.77. The molecule has 196 valence electrons. The highest BCUT2D eigenvalue weighted by atomic mass is 19.4. The maximum absolute atomic E-state index is 15.3. The molecule has 0 bridgehead atoms. The van der Waals surface area contributed by atoms with Gasteiger partial charge in [-0.25, -0.2) is 9.37 Å². The van der Waals surface area contributed by atoms with Crippen molar-refractivity contribution >= 4 is 16.9 Å². The van der Waals surface area contributed by atoms with Gasteiger partial charge in [0.2, 0.25) is 0 Å². The Balaban J connectivity index is 1.18. The van der Waals surface area contributed by atoms with E-state index in [1.807, 2.05) is 0 Å². The quantitative estimate of drug-likeness (QED) is 0.456. The van der Waals surface area contributed by atoms with Gasteiger partial charge >= 0.3 is 6.36 Å². The van der Waals surface area contributed by atoms with Crippen LogP contribution in [0, 0.1) is 5.82 Å². The second kappa shape index (κ2) is 9.31. The van der Waals surface area contributed by atoms with Crippen molar-refractivity contribution in [1.29, 1.82) is 0 Å². The average Bonchev–Trinajstić information content (AvgIpc) is 3.61. The Kier molecular flexibility index (Phi) is 6.09. The molecule has 1 saturated carbocycles. The molecule has 3 aliphatic rings. The monoisotopic (exact) mass is 516 g/mol. The molecule has 2 N–H and O–H groups in total. The maximum Gasteiger partial charge on any atom is 0.573 e. The summed E-state index contributed by atoms with van der Waals surface area (Å²) in [5.41, 5.74) is 4.03. The lowest BCUT2D eigenvalue weighted by molar-refractivity contribution is -0.274. The molecule has 3 aromatic rings. The summed E-state index contributed by atoms with van der Waals surface area (Å²) in [6, 6.07) is 5.94. The van der Waals surface area contributed by atoms with Crippen LogP contribution in [0.1, 0.15) is 65.2 Å². The number of amides is 1. The number of aromatic amines is 1. The molecule has 37 heavy (non-hydrogen) atoms. The number of H-pyrrole nitrogens is 1. The number of nitrogens with zero attached hydrogens (tertiary/aromatic N) is 2. The van der Waals surface area contributed by atoms with Crippen LogP contribution < -0.4 is 10.1 Å². The second-order valence-electron chi connectivity index (χ2n) is 10.3. The molecule has 0 radical (unpaired) electrons. The molecule has 1 amide bonds. The van der Waals surface area contributed by atoms with Crippen LogP contribution in [-0.2, 0) is 12.8 Å². The Bertz CT molecular complexity index is 1310. The van der Waals surface area contributed by atoms with Gasteiger partial charge in [-0.05, 0) is 80.7 Å². The van der Waals surface area contributed by atoms with Crippen LogP contribution in [0.15, 0.2) is 30.5 Å². The fraction of sp³-hybridized carbons (Fsp3) is 0.481.